The number of rotatable bonds is 4. The van der Waals surface area contributed by atoms with E-state index in [0.717, 1.165) is 31.4 Å². The number of nitrogens with one attached hydrogen (secondary N) is 3. The van der Waals surface area contributed by atoms with Crippen molar-refractivity contribution in [2.75, 3.05) is 0 Å². The molecule has 0 aromatic rings. The van der Waals surface area contributed by atoms with Crippen LogP contribution in [0.1, 0.15) is 88.0 Å². The molecule has 0 atom stereocenters. The Morgan fingerprint density at radius 1 is 0.852 bits per heavy atom. The van der Waals surface area contributed by atoms with Gasteiger partial charge < -0.3 is 20.7 Å². The summed E-state index contributed by atoms with van der Waals surface area (Å²) in [7, 11) is 0. The van der Waals surface area contributed by atoms with Crippen LogP contribution in [-0.4, -0.2) is 40.3 Å². The average Bonchev–Trinajstić information content (AvgIpc) is 2.28. The zero-order valence-electron chi connectivity index (χ0n) is 18.9. The molecule has 0 aromatic carbocycles. The van der Waals surface area contributed by atoms with Crippen LogP contribution in [0.3, 0.4) is 0 Å². The van der Waals surface area contributed by atoms with Gasteiger partial charge in [-0.2, -0.15) is 0 Å². The van der Waals surface area contributed by atoms with Crippen LogP contribution >= 0.6 is 0 Å². The normalized spacial score (nSPS) is 27.8. The molecule has 0 spiro atoms. The van der Waals surface area contributed by atoms with E-state index in [-0.39, 0.29) is 34.2 Å². The summed E-state index contributed by atoms with van der Waals surface area (Å²) in [6.45, 7) is 19.5. The van der Waals surface area contributed by atoms with Gasteiger partial charge in [-0.25, -0.2) is 4.79 Å². The molecule has 2 saturated heterocycles. The zero-order chi connectivity index (χ0) is 20.7. The van der Waals surface area contributed by atoms with E-state index in [1.807, 2.05) is 6.92 Å². The van der Waals surface area contributed by atoms with Crippen LogP contribution in [-0.2, 0) is 9.53 Å². The van der Waals surface area contributed by atoms with Crippen molar-refractivity contribution in [3.8, 4) is 0 Å². The first-order chi connectivity index (χ1) is 12.1. The molecule has 0 unspecified atom stereocenters. The molecule has 0 saturated carbocycles. The number of hydrogen-bond acceptors (Lipinski definition) is 5. The van der Waals surface area contributed by atoms with E-state index < -0.39 is 0 Å². The van der Waals surface area contributed by atoms with Crippen LogP contribution in [0.4, 0.5) is 0 Å². The van der Waals surface area contributed by atoms with E-state index in [2.05, 4.69) is 71.3 Å². The molecule has 27 heavy (non-hydrogen) atoms. The third-order valence-electron chi connectivity index (χ3n) is 5.39. The molecule has 2 heterocycles. The van der Waals surface area contributed by atoms with Gasteiger partial charge in [-0.1, -0.05) is 0 Å². The number of esters is 1. The molecular weight excluding hydrogens is 338 g/mol. The number of carbonyl (C=O) groups is 1. The summed E-state index contributed by atoms with van der Waals surface area (Å²) < 4.78 is 5.80. The van der Waals surface area contributed by atoms with E-state index in [1.165, 1.54) is 0 Å². The van der Waals surface area contributed by atoms with Crippen LogP contribution in [0.5, 0.6) is 0 Å². The Bertz CT molecular complexity index is 558. The predicted octanol–water partition coefficient (Wildman–Crippen LogP) is 3.64. The highest BCUT2D eigenvalue weighted by Gasteiger charge is 2.39. The minimum atomic E-state index is -0.244. The predicted molar refractivity (Wildman–Crippen MR) is 112 cm³/mol. The minimum absolute atomic E-state index is 0.0318. The maximum atomic E-state index is 12.5. The monoisotopic (exact) mass is 379 g/mol. The fourth-order valence-electron chi connectivity index (χ4n) is 5.48. The molecule has 0 aliphatic carbocycles. The van der Waals surface area contributed by atoms with E-state index in [0.29, 0.717) is 6.04 Å². The SMILES string of the molecule is C/C(=C/C(=O)OC1CC(C)(C)NC(C)(C)C1)NC1CC(C)(C)NC(C)(C)C1. The lowest BCUT2D eigenvalue weighted by molar-refractivity contribution is -0.147. The quantitative estimate of drug-likeness (QED) is 0.514. The van der Waals surface area contributed by atoms with Crippen molar-refractivity contribution in [1.82, 2.24) is 16.0 Å². The third kappa shape index (κ3) is 7.11. The summed E-state index contributed by atoms with van der Waals surface area (Å²) in [6.07, 6.45) is 5.27. The number of hydrogen-bond donors (Lipinski definition) is 3. The first-order valence-corrected chi connectivity index (χ1v) is 10.3. The Morgan fingerprint density at radius 3 is 1.70 bits per heavy atom. The van der Waals surface area contributed by atoms with E-state index in [4.69, 9.17) is 4.74 Å². The van der Waals surface area contributed by atoms with Crippen LogP contribution in [0.25, 0.3) is 0 Å². The molecule has 5 heteroatoms. The summed E-state index contributed by atoms with van der Waals surface area (Å²) in [5.74, 6) is -0.244. The molecule has 3 N–H and O–H groups in total. The second-order valence-electron chi connectivity index (χ2n) is 11.3. The highest BCUT2D eigenvalue weighted by atomic mass is 16.5. The van der Waals surface area contributed by atoms with Crippen LogP contribution in [0, 0.1) is 0 Å². The molecule has 0 amide bonds. The maximum absolute atomic E-state index is 12.5. The van der Waals surface area contributed by atoms with Crippen molar-refractivity contribution >= 4 is 5.97 Å². The Morgan fingerprint density at radius 2 is 1.26 bits per heavy atom. The number of ether oxygens (including phenoxy) is 1. The highest BCUT2D eigenvalue weighted by molar-refractivity contribution is 5.82. The van der Waals surface area contributed by atoms with Gasteiger partial charge in [-0.05, 0) is 75.2 Å². The number of allylic oxidation sites excluding steroid dienone is 1. The van der Waals surface area contributed by atoms with Gasteiger partial charge in [0, 0.05) is 52.8 Å². The van der Waals surface area contributed by atoms with Crippen molar-refractivity contribution in [3.05, 3.63) is 11.8 Å². The van der Waals surface area contributed by atoms with Crippen molar-refractivity contribution < 1.29 is 9.53 Å². The third-order valence-corrected chi connectivity index (χ3v) is 5.39. The summed E-state index contributed by atoms with van der Waals surface area (Å²) in [5, 5.41) is 10.8. The molecule has 0 aromatic heterocycles. The van der Waals surface area contributed by atoms with Gasteiger partial charge in [-0.3, -0.25) is 0 Å². The minimum Gasteiger partial charge on any atom is -0.459 e. The molecule has 0 radical (unpaired) electrons. The Hall–Kier alpha value is -1.07. The van der Waals surface area contributed by atoms with Gasteiger partial charge in [0.1, 0.15) is 6.10 Å². The lowest BCUT2D eigenvalue weighted by atomic mass is 9.79. The molecule has 0 bridgehead atoms. The standard InChI is InChI=1S/C22H41N3O2/c1-15(23-16-11-19(2,3)24-20(4,5)12-16)10-18(26)27-17-13-21(6,7)25-22(8,9)14-17/h10,16-17,23-25H,11-14H2,1-9H3/b15-10-. The lowest BCUT2D eigenvalue weighted by Gasteiger charge is -2.47. The number of carbonyl (C=O) groups excluding carboxylic acids is 1. The van der Waals surface area contributed by atoms with Crippen molar-refractivity contribution in [2.24, 2.45) is 0 Å². The summed E-state index contributed by atoms with van der Waals surface area (Å²) in [6, 6.07) is 0.344. The molecule has 5 nitrogen and oxygen atoms in total. The molecule has 2 aliphatic rings. The van der Waals surface area contributed by atoms with Crippen molar-refractivity contribution in [1.29, 1.82) is 0 Å². The Labute approximate surface area is 166 Å². The van der Waals surface area contributed by atoms with Gasteiger partial charge >= 0.3 is 5.97 Å². The van der Waals surface area contributed by atoms with Crippen molar-refractivity contribution in [2.45, 2.75) is 122 Å². The molecule has 2 aliphatic heterocycles. The van der Waals surface area contributed by atoms with Crippen LogP contribution < -0.4 is 16.0 Å². The van der Waals surface area contributed by atoms with Gasteiger partial charge in [0.2, 0.25) is 0 Å². The first kappa shape index (κ1) is 22.2. The summed E-state index contributed by atoms with van der Waals surface area (Å²) >= 11 is 0. The topological polar surface area (TPSA) is 62.4 Å². The van der Waals surface area contributed by atoms with Crippen LogP contribution in [0.15, 0.2) is 11.8 Å². The summed E-state index contributed by atoms with van der Waals surface area (Å²) in [4.78, 5) is 12.5. The molecule has 2 rings (SSSR count). The second kappa shape index (κ2) is 7.40. The Kier molecular flexibility index (Phi) is 6.09. The average molecular weight is 380 g/mol. The Balaban J connectivity index is 1.94. The lowest BCUT2D eigenvalue weighted by Crippen LogP contribution is -2.61. The van der Waals surface area contributed by atoms with Crippen LogP contribution in [0.2, 0.25) is 0 Å². The second-order valence-corrected chi connectivity index (χ2v) is 11.3. The fraction of sp³-hybridized carbons (Fsp3) is 0.864. The highest BCUT2D eigenvalue weighted by Crippen LogP contribution is 2.31. The largest absolute Gasteiger partial charge is 0.459 e. The maximum Gasteiger partial charge on any atom is 0.332 e. The first-order valence-electron chi connectivity index (χ1n) is 10.3. The molecule has 156 valence electrons. The van der Waals surface area contributed by atoms with Gasteiger partial charge in [-0.15, -0.1) is 0 Å². The fourth-order valence-corrected chi connectivity index (χ4v) is 5.48. The van der Waals surface area contributed by atoms with Crippen molar-refractivity contribution in [3.63, 3.8) is 0 Å². The van der Waals surface area contributed by atoms with Gasteiger partial charge in [0.15, 0.2) is 0 Å². The zero-order valence-corrected chi connectivity index (χ0v) is 18.9. The smallest absolute Gasteiger partial charge is 0.332 e. The van der Waals surface area contributed by atoms with E-state index >= 15 is 0 Å². The van der Waals surface area contributed by atoms with E-state index in [1.54, 1.807) is 6.08 Å². The molecule has 2 fully saturated rings. The van der Waals surface area contributed by atoms with Gasteiger partial charge in [0.05, 0.1) is 0 Å². The summed E-state index contributed by atoms with van der Waals surface area (Å²) in [5.41, 5.74) is 0.969. The number of piperidine rings is 2. The van der Waals surface area contributed by atoms with Gasteiger partial charge in [0.25, 0.3) is 0 Å². The molecular formula is C22H41N3O2. The van der Waals surface area contributed by atoms with E-state index in [9.17, 15) is 4.79 Å².